The van der Waals surface area contributed by atoms with Crippen molar-refractivity contribution in [2.24, 2.45) is 0 Å². The van der Waals surface area contributed by atoms with Crippen molar-refractivity contribution in [1.82, 2.24) is 44.3 Å². The highest BCUT2D eigenvalue weighted by Gasteiger charge is 2.35. The maximum atomic E-state index is 12.3. The number of piperazine rings is 1. The van der Waals surface area contributed by atoms with E-state index in [4.69, 9.17) is 17.0 Å². The van der Waals surface area contributed by atoms with Crippen LogP contribution in [0.2, 0.25) is 0 Å². The van der Waals surface area contributed by atoms with E-state index in [1.807, 2.05) is 44.6 Å². The molecule has 0 spiro atoms. The molecule has 1 fully saturated rings. The van der Waals surface area contributed by atoms with E-state index in [2.05, 4.69) is 66.6 Å². The lowest BCUT2D eigenvalue weighted by molar-refractivity contribution is -0.130. The minimum Gasteiger partial charge on any atom is -0.340 e. The van der Waals surface area contributed by atoms with Crippen LogP contribution in [0.25, 0.3) is 11.2 Å². The monoisotopic (exact) mass is 556 g/mol. The molecule has 0 aliphatic carbocycles. The molecule has 0 bridgehead atoms. The van der Waals surface area contributed by atoms with Crippen molar-refractivity contribution < 1.29 is 4.79 Å². The van der Waals surface area contributed by atoms with E-state index >= 15 is 0 Å². The molecule has 0 saturated carbocycles. The summed E-state index contributed by atoms with van der Waals surface area (Å²) in [5.41, 5.74) is 4.38. The normalized spacial score (nSPS) is 15.8. The number of halogens is 1. The van der Waals surface area contributed by atoms with E-state index < -0.39 is 0 Å². The summed E-state index contributed by atoms with van der Waals surface area (Å²) in [6.45, 7) is 3.07. The quantitative estimate of drug-likeness (QED) is 0.283. The number of H-pyrrole nitrogens is 1. The number of hydrogen-bond acceptors (Lipinski definition) is 7. The van der Waals surface area contributed by atoms with Gasteiger partial charge in [0.05, 0.1) is 37.5 Å². The third-order valence-electron chi connectivity index (χ3n) is 7.39. The summed E-state index contributed by atoms with van der Waals surface area (Å²) in [5, 5.41) is 17.2. The first-order chi connectivity index (χ1) is 19.6. The summed E-state index contributed by atoms with van der Waals surface area (Å²) in [5.74, 6) is -0.0337. The lowest BCUT2D eigenvalue weighted by atomic mass is 9.91. The molecule has 11 nitrogen and oxygen atoms in total. The van der Waals surface area contributed by atoms with Crippen LogP contribution >= 0.6 is 11.6 Å². The average Bonchev–Trinajstić information content (AvgIpc) is 3.69. The molecule has 4 heterocycles. The molecular formula is C28H29ClN10O. The zero-order valence-electron chi connectivity index (χ0n) is 21.8. The van der Waals surface area contributed by atoms with Crippen molar-refractivity contribution in [3.8, 4) is 0 Å². The number of benzene rings is 2. The summed E-state index contributed by atoms with van der Waals surface area (Å²) < 4.78 is 3.80. The van der Waals surface area contributed by atoms with Crippen LogP contribution in [0, 0.1) is 5.41 Å². The Morgan fingerprint density at radius 2 is 1.62 bits per heavy atom. The van der Waals surface area contributed by atoms with Crippen molar-refractivity contribution in [3.05, 3.63) is 102 Å². The third-order valence-corrected chi connectivity index (χ3v) is 7.61. The Bertz CT molecular complexity index is 1640. The number of carbonyl (C=O) groups is 1. The zero-order valence-corrected chi connectivity index (χ0v) is 22.5. The highest BCUT2D eigenvalue weighted by atomic mass is 35.5. The fourth-order valence-electron chi connectivity index (χ4n) is 5.44. The molecular weight excluding hydrogens is 528 g/mol. The second-order valence-corrected chi connectivity index (χ2v) is 10.0. The van der Waals surface area contributed by atoms with Crippen molar-refractivity contribution >= 4 is 28.7 Å². The van der Waals surface area contributed by atoms with E-state index in [0.717, 1.165) is 16.8 Å². The third kappa shape index (κ3) is 5.13. The number of hydrogen-bond donors (Lipinski definition) is 2. The minimum absolute atomic E-state index is 0.000873. The fourth-order valence-corrected chi connectivity index (χ4v) is 5.61. The second-order valence-electron chi connectivity index (χ2n) is 9.77. The van der Waals surface area contributed by atoms with Crippen LogP contribution < -0.4 is 5.49 Å². The molecule has 2 atom stereocenters. The first kappa shape index (κ1) is 25.9. The molecule has 5 aromatic rings. The average molecular weight is 557 g/mol. The van der Waals surface area contributed by atoms with Crippen LogP contribution in [0.3, 0.4) is 0 Å². The highest BCUT2D eigenvalue weighted by molar-refractivity contribution is 6.27. The molecule has 6 rings (SSSR count). The molecule has 1 aliphatic heterocycles. The highest BCUT2D eigenvalue weighted by Crippen LogP contribution is 2.37. The summed E-state index contributed by atoms with van der Waals surface area (Å²) in [6.07, 6.45) is 5.14. The van der Waals surface area contributed by atoms with Crippen LogP contribution in [-0.4, -0.2) is 82.3 Å². The topological polar surface area (TPSA) is 125 Å². The molecule has 2 aromatic carbocycles. The molecule has 2 N–H and O–H groups in total. The van der Waals surface area contributed by atoms with E-state index in [0.29, 0.717) is 43.9 Å². The van der Waals surface area contributed by atoms with Gasteiger partial charge in [-0.15, -0.1) is 16.7 Å². The Morgan fingerprint density at radius 1 is 0.950 bits per heavy atom. The predicted octanol–water partition coefficient (Wildman–Crippen LogP) is 2.59. The lowest BCUT2D eigenvalue weighted by Crippen LogP contribution is -2.51. The smallest absolute Gasteiger partial charge is 0.237 e. The number of alkyl halides is 1. The van der Waals surface area contributed by atoms with Crippen LogP contribution in [-0.2, 0) is 11.3 Å². The zero-order chi connectivity index (χ0) is 27.5. The maximum Gasteiger partial charge on any atom is 0.237 e. The maximum absolute atomic E-state index is 12.3. The second kappa shape index (κ2) is 11.4. The Hall–Kier alpha value is -4.35. The van der Waals surface area contributed by atoms with Crippen LogP contribution in [0.5, 0.6) is 0 Å². The molecule has 0 unspecified atom stereocenters. The summed E-state index contributed by atoms with van der Waals surface area (Å²) in [6, 6.07) is 20.5. The molecule has 204 valence electrons. The number of rotatable bonds is 8. The van der Waals surface area contributed by atoms with Gasteiger partial charge in [-0.3, -0.25) is 15.1 Å². The van der Waals surface area contributed by atoms with Crippen molar-refractivity contribution in [2.75, 3.05) is 32.1 Å². The van der Waals surface area contributed by atoms with Crippen molar-refractivity contribution in [3.63, 3.8) is 0 Å². The first-order valence-electron chi connectivity index (χ1n) is 13.1. The molecule has 12 heteroatoms. The molecule has 3 aromatic heterocycles. The first-order valence-corrected chi connectivity index (χ1v) is 13.7. The van der Waals surface area contributed by atoms with Crippen LogP contribution in [0.4, 0.5) is 0 Å². The summed E-state index contributed by atoms with van der Waals surface area (Å²) >= 11 is 5.84. The Balaban J connectivity index is 1.37. The molecule has 40 heavy (non-hydrogen) atoms. The van der Waals surface area contributed by atoms with Gasteiger partial charge >= 0.3 is 0 Å². The minimum atomic E-state index is -0.177. The number of nitrogens with one attached hydrogen (secondary N) is 2. The van der Waals surface area contributed by atoms with Gasteiger partial charge in [0, 0.05) is 26.2 Å². The van der Waals surface area contributed by atoms with E-state index in [9.17, 15) is 4.79 Å². The predicted molar refractivity (Wildman–Crippen MR) is 149 cm³/mol. The van der Waals surface area contributed by atoms with Gasteiger partial charge in [0.25, 0.3) is 0 Å². The Labute approximate surface area is 235 Å². The molecule has 1 amide bonds. The summed E-state index contributed by atoms with van der Waals surface area (Å²) in [4.78, 5) is 28.0. The summed E-state index contributed by atoms with van der Waals surface area (Å²) in [7, 11) is 0. The number of aromatic amines is 1. The molecule has 1 aliphatic rings. The van der Waals surface area contributed by atoms with Gasteiger partial charge in [-0.05, 0) is 11.1 Å². The molecule has 1 saturated heterocycles. The van der Waals surface area contributed by atoms with Gasteiger partial charge in [-0.1, -0.05) is 65.9 Å². The lowest BCUT2D eigenvalue weighted by Gasteiger charge is -2.42. The number of aromatic nitrogens is 7. The van der Waals surface area contributed by atoms with E-state index in [-0.39, 0.29) is 29.4 Å². The largest absolute Gasteiger partial charge is 0.340 e. The van der Waals surface area contributed by atoms with E-state index in [1.54, 1.807) is 12.7 Å². The standard InChI is InChI=1S/C28H29ClN10O/c29-15-23(40)36-11-13-37(14-12-36)25(20-7-3-1-4-8-20)26(21-9-5-2-6-10-21)39-17-22(34-35-39)16-38-19-33-27(30)24-28(38)32-18-31-24/h1-10,17-19,25-26,30H,11-16H2,(H,31,32)/t25-,26+/m0/s1. The van der Waals surface area contributed by atoms with Gasteiger partial charge < -0.3 is 14.5 Å². The molecule has 0 radical (unpaired) electrons. The van der Waals surface area contributed by atoms with Gasteiger partial charge in [-0.2, -0.15) is 0 Å². The van der Waals surface area contributed by atoms with E-state index in [1.165, 1.54) is 0 Å². The SMILES string of the molecule is N=c1ncn(Cc2cn([C@H](c3ccccc3)[C@H](c3ccccc3)N3CCN(C(=O)CCl)CC3)nn2)c2nc[nH]c12. The van der Waals surface area contributed by atoms with Crippen LogP contribution in [0.1, 0.15) is 28.9 Å². The number of imidazole rings is 1. The Morgan fingerprint density at radius 3 is 2.30 bits per heavy atom. The number of amides is 1. The van der Waals surface area contributed by atoms with Gasteiger partial charge in [0.2, 0.25) is 5.91 Å². The number of nitrogens with zero attached hydrogens (tertiary/aromatic N) is 8. The van der Waals surface area contributed by atoms with Gasteiger partial charge in [0.1, 0.15) is 17.1 Å². The number of carbonyl (C=O) groups excluding carboxylic acids is 1. The number of fused-ring (bicyclic) bond motifs is 1. The van der Waals surface area contributed by atoms with Gasteiger partial charge in [0.15, 0.2) is 11.1 Å². The fraction of sp³-hybridized carbons (Fsp3) is 0.286. The van der Waals surface area contributed by atoms with Gasteiger partial charge in [-0.25, -0.2) is 14.6 Å². The van der Waals surface area contributed by atoms with Crippen molar-refractivity contribution in [1.29, 1.82) is 5.41 Å². The van der Waals surface area contributed by atoms with Crippen molar-refractivity contribution in [2.45, 2.75) is 18.6 Å². The van der Waals surface area contributed by atoms with Crippen LogP contribution in [0.15, 0.2) is 79.5 Å². The Kier molecular flexibility index (Phi) is 7.39.